The summed E-state index contributed by atoms with van der Waals surface area (Å²) in [5.74, 6) is 0.974. The molecule has 17 heavy (non-hydrogen) atoms. The van der Waals surface area contributed by atoms with Gasteiger partial charge in [0.15, 0.2) is 5.82 Å². The highest BCUT2D eigenvalue weighted by atomic mass is 15.6. The SMILES string of the molecule is CCC(CC)(CC)n1nnnc1CNC1CC1. The van der Waals surface area contributed by atoms with Crippen molar-refractivity contribution in [1.29, 1.82) is 0 Å². The molecule has 0 spiro atoms. The van der Waals surface area contributed by atoms with Gasteiger partial charge < -0.3 is 5.32 Å². The summed E-state index contributed by atoms with van der Waals surface area (Å²) in [6.07, 6.45) is 5.80. The van der Waals surface area contributed by atoms with Crippen molar-refractivity contribution in [1.82, 2.24) is 25.5 Å². The van der Waals surface area contributed by atoms with Crippen LogP contribution in [-0.2, 0) is 12.1 Å². The third-order valence-corrected chi connectivity index (χ3v) is 4.08. The number of aromatic nitrogens is 4. The molecule has 0 bridgehead atoms. The molecule has 1 saturated carbocycles. The van der Waals surface area contributed by atoms with Crippen molar-refractivity contribution in [3.63, 3.8) is 0 Å². The van der Waals surface area contributed by atoms with Crippen LogP contribution in [0, 0.1) is 0 Å². The third kappa shape index (κ3) is 2.49. The number of nitrogens with one attached hydrogen (secondary N) is 1. The largest absolute Gasteiger partial charge is 0.307 e. The van der Waals surface area contributed by atoms with Crippen molar-refractivity contribution in [2.24, 2.45) is 0 Å². The van der Waals surface area contributed by atoms with Gasteiger partial charge in [0.2, 0.25) is 0 Å². The molecule has 0 amide bonds. The first-order valence-corrected chi connectivity index (χ1v) is 6.77. The topological polar surface area (TPSA) is 55.6 Å². The molecule has 0 aliphatic heterocycles. The normalized spacial score (nSPS) is 16.4. The lowest BCUT2D eigenvalue weighted by Crippen LogP contribution is -2.35. The average Bonchev–Trinajstić information content (AvgIpc) is 3.08. The Bertz CT molecular complexity index is 343. The molecule has 1 aliphatic carbocycles. The summed E-state index contributed by atoms with van der Waals surface area (Å²) in [7, 11) is 0. The van der Waals surface area contributed by atoms with Gasteiger partial charge >= 0.3 is 0 Å². The average molecular weight is 237 g/mol. The smallest absolute Gasteiger partial charge is 0.165 e. The minimum absolute atomic E-state index is 0.0874. The van der Waals surface area contributed by atoms with Gasteiger partial charge in [-0.15, -0.1) is 5.10 Å². The lowest BCUT2D eigenvalue weighted by atomic mass is 9.90. The highest BCUT2D eigenvalue weighted by Gasteiger charge is 2.31. The van der Waals surface area contributed by atoms with Gasteiger partial charge in [0, 0.05) is 6.04 Å². The number of nitrogens with zero attached hydrogens (tertiary/aromatic N) is 4. The fourth-order valence-corrected chi connectivity index (χ4v) is 2.41. The minimum atomic E-state index is 0.0874. The maximum atomic E-state index is 4.22. The Morgan fingerprint density at radius 2 is 1.88 bits per heavy atom. The monoisotopic (exact) mass is 237 g/mol. The van der Waals surface area contributed by atoms with Crippen molar-refractivity contribution < 1.29 is 0 Å². The van der Waals surface area contributed by atoms with E-state index in [0.717, 1.165) is 31.6 Å². The zero-order valence-electron chi connectivity index (χ0n) is 11.1. The van der Waals surface area contributed by atoms with Crippen LogP contribution >= 0.6 is 0 Å². The van der Waals surface area contributed by atoms with Gasteiger partial charge in [0.05, 0.1) is 12.1 Å². The summed E-state index contributed by atoms with van der Waals surface area (Å²) in [5, 5.41) is 15.7. The zero-order chi connectivity index (χ0) is 12.3. The van der Waals surface area contributed by atoms with Crippen molar-refractivity contribution in [3.8, 4) is 0 Å². The predicted molar refractivity (Wildman–Crippen MR) is 66.5 cm³/mol. The van der Waals surface area contributed by atoms with E-state index in [1.54, 1.807) is 0 Å². The number of hydrogen-bond donors (Lipinski definition) is 1. The molecule has 5 heteroatoms. The standard InChI is InChI=1S/C12H23N5/c1-4-12(5-2,6-3)17-11(14-15-16-17)9-13-10-7-8-10/h10,13H,4-9H2,1-3H3. The lowest BCUT2D eigenvalue weighted by molar-refractivity contribution is 0.212. The zero-order valence-corrected chi connectivity index (χ0v) is 11.1. The third-order valence-electron chi connectivity index (χ3n) is 4.08. The van der Waals surface area contributed by atoms with Gasteiger partial charge in [-0.25, -0.2) is 4.68 Å². The minimum Gasteiger partial charge on any atom is -0.307 e. The van der Waals surface area contributed by atoms with E-state index in [-0.39, 0.29) is 5.54 Å². The molecular formula is C12H23N5. The van der Waals surface area contributed by atoms with E-state index in [9.17, 15) is 0 Å². The van der Waals surface area contributed by atoms with Gasteiger partial charge in [-0.3, -0.25) is 0 Å². The second-order valence-corrected chi connectivity index (χ2v) is 4.95. The van der Waals surface area contributed by atoms with E-state index >= 15 is 0 Å². The quantitative estimate of drug-likeness (QED) is 0.786. The van der Waals surface area contributed by atoms with Crippen molar-refractivity contribution in [3.05, 3.63) is 5.82 Å². The fraction of sp³-hybridized carbons (Fsp3) is 0.917. The Kier molecular flexibility index (Phi) is 3.76. The highest BCUT2D eigenvalue weighted by Crippen LogP contribution is 2.29. The molecule has 0 unspecified atom stereocenters. The summed E-state index contributed by atoms with van der Waals surface area (Å²) in [6, 6.07) is 0.694. The lowest BCUT2D eigenvalue weighted by Gasteiger charge is -2.31. The Morgan fingerprint density at radius 3 is 2.41 bits per heavy atom. The maximum Gasteiger partial charge on any atom is 0.165 e. The molecule has 1 aromatic heterocycles. The van der Waals surface area contributed by atoms with Gasteiger partial charge in [-0.05, 0) is 42.5 Å². The van der Waals surface area contributed by atoms with Crippen LogP contribution in [0.25, 0.3) is 0 Å². The van der Waals surface area contributed by atoms with E-state index < -0.39 is 0 Å². The van der Waals surface area contributed by atoms with E-state index in [2.05, 4.69) is 41.6 Å². The molecule has 1 fully saturated rings. The molecule has 5 nitrogen and oxygen atoms in total. The molecular weight excluding hydrogens is 214 g/mol. The molecule has 0 radical (unpaired) electrons. The molecule has 0 saturated heterocycles. The van der Waals surface area contributed by atoms with Crippen LogP contribution in [0.3, 0.4) is 0 Å². The molecule has 1 aromatic rings. The van der Waals surface area contributed by atoms with E-state index in [0.29, 0.717) is 6.04 Å². The van der Waals surface area contributed by atoms with E-state index in [1.165, 1.54) is 12.8 Å². The first kappa shape index (κ1) is 12.5. The molecule has 1 aliphatic rings. The van der Waals surface area contributed by atoms with Gasteiger partial charge in [-0.1, -0.05) is 20.8 Å². The van der Waals surface area contributed by atoms with Crippen molar-refractivity contribution in [2.75, 3.05) is 0 Å². The Morgan fingerprint density at radius 1 is 1.24 bits per heavy atom. The van der Waals surface area contributed by atoms with Crippen LogP contribution in [0.15, 0.2) is 0 Å². The molecule has 0 aromatic carbocycles. The summed E-state index contributed by atoms with van der Waals surface area (Å²) in [6.45, 7) is 7.44. The van der Waals surface area contributed by atoms with Crippen LogP contribution < -0.4 is 5.32 Å². The maximum absolute atomic E-state index is 4.22. The first-order chi connectivity index (χ1) is 8.25. The van der Waals surface area contributed by atoms with E-state index in [4.69, 9.17) is 0 Å². The van der Waals surface area contributed by atoms with Crippen LogP contribution in [-0.4, -0.2) is 26.2 Å². The van der Waals surface area contributed by atoms with Gasteiger partial charge in [-0.2, -0.15) is 0 Å². The summed E-state index contributed by atoms with van der Waals surface area (Å²) < 4.78 is 2.04. The van der Waals surface area contributed by atoms with Gasteiger partial charge in [0.1, 0.15) is 0 Å². The summed E-state index contributed by atoms with van der Waals surface area (Å²) >= 11 is 0. The van der Waals surface area contributed by atoms with Gasteiger partial charge in [0.25, 0.3) is 0 Å². The number of hydrogen-bond acceptors (Lipinski definition) is 4. The van der Waals surface area contributed by atoms with Crippen LogP contribution in [0.4, 0.5) is 0 Å². The molecule has 96 valence electrons. The second-order valence-electron chi connectivity index (χ2n) is 4.95. The van der Waals surface area contributed by atoms with Crippen LogP contribution in [0.2, 0.25) is 0 Å². The fourth-order valence-electron chi connectivity index (χ4n) is 2.41. The Labute approximate surface area is 103 Å². The van der Waals surface area contributed by atoms with Crippen LogP contribution in [0.5, 0.6) is 0 Å². The molecule has 1 N–H and O–H groups in total. The first-order valence-electron chi connectivity index (χ1n) is 6.77. The molecule has 0 atom stereocenters. The Balaban J connectivity index is 2.14. The van der Waals surface area contributed by atoms with Crippen LogP contribution in [0.1, 0.15) is 58.7 Å². The Hall–Kier alpha value is -0.970. The highest BCUT2D eigenvalue weighted by molar-refractivity contribution is 4.93. The summed E-state index contributed by atoms with van der Waals surface area (Å²) in [4.78, 5) is 0. The van der Waals surface area contributed by atoms with E-state index in [1.807, 2.05) is 4.68 Å². The number of tetrazole rings is 1. The van der Waals surface area contributed by atoms with Crippen molar-refractivity contribution in [2.45, 2.75) is 71.0 Å². The predicted octanol–water partition coefficient (Wildman–Crippen LogP) is 1.85. The van der Waals surface area contributed by atoms with Crippen molar-refractivity contribution >= 4 is 0 Å². The molecule has 2 rings (SSSR count). The molecule has 1 heterocycles. The summed E-state index contributed by atoms with van der Waals surface area (Å²) in [5.41, 5.74) is 0.0874. The second kappa shape index (κ2) is 5.12. The number of rotatable bonds is 7.